The van der Waals surface area contributed by atoms with Gasteiger partial charge in [-0.15, -0.1) is 5.10 Å². The van der Waals surface area contributed by atoms with Crippen molar-refractivity contribution in [3.8, 4) is 5.69 Å². The highest BCUT2D eigenvalue weighted by Gasteiger charge is 2.34. The van der Waals surface area contributed by atoms with Gasteiger partial charge in [0.05, 0.1) is 11.3 Å². The van der Waals surface area contributed by atoms with E-state index in [1.54, 1.807) is 18.2 Å². The van der Waals surface area contributed by atoms with Crippen molar-refractivity contribution < 1.29 is 13.2 Å². The molecule has 0 aliphatic rings. The molecule has 1 aromatic heterocycles. The molecule has 1 aromatic carbocycles. The lowest BCUT2D eigenvalue weighted by molar-refractivity contribution is -0.137. The molecular weight excluding hydrogens is 351 g/mol. The van der Waals surface area contributed by atoms with E-state index in [4.69, 9.17) is 23.7 Å². The molecule has 0 radical (unpaired) electrons. The summed E-state index contributed by atoms with van der Waals surface area (Å²) in [6.45, 7) is 0. The van der Waals surface area contributed by atoms with Crippen molar-refractivity contribution >= 4 is 35.8 Å². The van der Waals surface area contributed by atoms with Gasteiger partial charge < -0.3 is 16.0 Å². The lowest BCUT2D eigenvalue weighted by Gasteiger charge is -2.16. The van der Waals surface area contributed by atoms with E-state index in [2.05, 4.69) is 10.2 Å². The summed E-state index contributed by atoms with van der Waals surface area (Å²) in [5.74, 6) is -0.193. The monoisotopic (exact) mass is 365 g/mol. The lowest BCUT2D eigenvalue weighted by Crippen LogP contribution is -2.21. The zero-order chi connectivity index (χ0) is 18.4. The molecule has 0 bridgehead atoms. The summed E-state index contributed by atoms with van der Waals surface area (Å²) in [6, 6.07) is 7.24. The second-order valence-electron chi connectivity index (χ2n) is 4.84. The quantitative estimate of drug-likeness (QED) is 0.370. The number of benzene rings is 1. The van der Waals surface area contributed by atoms with E-state index in [-0.39, 0.29) is 11.6 Å². The number of alkyl halides is 3. The number of halogens is 3. The Hall–Kier alpha value is -2.94. The summed E-state index contributed by atoms with van der Waals surface area (Å²) < 4.78 is 41.6. The van der Waals surface area contributed by atoms with Crippen LogP contribution in [0.4, 0.5) is 13.2 Å². The molecule has 25 heavy (non-hydrogen) atoms. The van der Waals surface area contributed by atoms with E-state index in [9.17, 15) is 13.2 Å². The molecule has 5 nitrogen and oxygen atoms in total. The summed E-state index contributed by atoms with van der Waals surface area (Å²) in [4.78, 5) is 0. The Morgan fingerprint density at radius 3 is 2.60 bits per heavy atom. The highest BCUT2D eigenvalue weighted by Crippen LogP contribution is 2.35. The average Bonchev–Trinajstić information content (AvgIpc) is 3.01. The summed E-state index contributed by atoms with van der Waals surface area (Å²) in [5.41, 5.74) is 10.3. The highest BCUT2D eigenvalue weighted by atomic mass is 32.1. The number of nitrogens with two attached hydrogens (primary N) is 2. The van der Waals surface area contributed by atoms with Crippen molar-refractivity contribution in [2.45, 2.75) is 6.18 Å². The minimum atomic E-state index is -4.51. The van der Waals surface area contributed by atoms with Gasteiger partial charge in [0.15, 0.2) is 0 Å². The van der Waals surface area contributed by atoms with E-state index >= 15 is 0 Å². The Morgan fingerprint density at radius 2 is 1.96 bits per heavy atom. The fraction of sp³-hybridized carbons (Fsp3) is 0.0625. The molecule has 0 aliphatic heterocycles. The summed E-state index contributed by atoms with van der Waals surface area (Å²) in [7, 11) is 0. The maximum absolute atomic E-state index is 13.4. The summed E-state index contributed by atoms with van der Waals surface area (Å²) in [6.07, 6.45) is 1.44. The molecule has 2 aromatic rings. The van der Waals surface area contributed by atoms with Crippen molar-refractivity contribution in [1.29, 1.82) is 0 Å². The normalized spacial score (nSPS) is 12.0. The molecule has 4 N–H and O–H groups in total. The number of guanidine groups is 1. The third-order valence-corrected chi connectivity index (χ3v) is 3.37. The first-order valence-electron chi connectivity index (χ1n) is 6.95. The summed E-state index contributed by atoms with van der Waals surface area (Å²) in [5, 5.41) is 8.19. The number of allylic oxidation sites excluding steroid dienone is 1. The SMILES string of the molecule is NC(N)=N/N=C/C=C/c1cccn1-c1ccc(C=S)cc1C(F)(F)F. The number of nitrogens with zero attached hydrogens (tertiary/aromatic N) is 3. The van der Waals surface area contributed by atoms with Crippen LogP contribution in [0.2, 0.25) is 0 Å². The molecule has 0 fully saturated rings. The van der Waals surface area contributed by atoms with E-state index in [0.717, 1.165) is 6.07 Å². The van der Waals surface area contributed by atoms with Gasteiger partial charge in [-0.25, -0.2) is 0 Å². The Labute approximate surface area is 147 Å². The molecule has 1 heterocycles. The Bertz CT molecular complexity index is 846. The van der Waals surface area contributed by atoms with Crippen molar-refractivity contribution in [2.75, 3.05) is 0 Å². The van der Waals surface area contributed by atoms with Gasteiger partial charge in [-0.05, 0) is 42.0 Å². The standard InChI is InChI=1S/C16H14F3N5S/c17-16(18,19)13-9-11(10-25)5-6-14(13)24-8-2-4-12(24)3-1-7-22-23-15(20)21/h1-10H,(H4,20,21,23)/b3-1+,22-7+. The van der Waals surface area contributed by atoms with Crippen LogP contribution in [0.5, 0.6) is 0 Å². The van der Waals surface area contributed by atoms with Gasteiger partial charge in [-0.2, -0.15) is 18.3 Å². The Balaban J connectivity index is 2.43. The second-order valence-corrected chi connectivity index (χ2v) is 5.08. The zero-order valence-electron chi connectivity index (χ0n) is 12.8. The third kappa shape index (κ3) is 4.77. The molecule has 0 saturated heterocycles. The predicted molar refractivity (Wildman–Crippen MR) is 96.9 cm³/mol. The van der Waals surface area contributed by atoms with Gasteiger partial charge in [0, 0.05) is 23.5 Å². The molecule has 2 rings (SSSR count). The lowest BCUT2D eigenvalue weighted by atomic mass is 10.1. The second kappa shape index (κ2) is 7.75. The highest BCUT2D eigenvalue weighted by molar-refractivity contribution is 7.79. The van der Waals surface area contributed by atoms with Gasteiger partial charge >= 0.3 is 6.18 Å². The molecular formula is C16H14F3N5S. The van der Waals surface area contributed by atoms with Crippen LogP contribution in [-0.4, -0.2) is 22.1 Å². The van der Waals surface area contributed by atoms with Gasteiger partial charge in [-0.3, -0.25) is 0 Å². The fourth-order valence-corrected chi connectivity index (χ4v) is 2.24. The van der Waals surface area contributed by atoms with E-state index < -0.39 is 11.7 Å². The van der Waals surface area contributed by atoms with Crippen molar-refractivity contribution in [1.82, 2.24) is 4.57 Å². The number of thiocarbonyl (C=S) groups is 1. The number of hydrogen-bond donors (Lipinski definition) is 2. The van der Waals surface area contributed by atoms with E-state index in [1.807, 2.05) is 0 Å². The van der Waals surface area contributed by atoms with Crippen LogP contribution in [0.3, 0.4) is 0 Å². The zero-order valence-corrected chi connectivity index (χ0v) is 13.6. The number of hydrogen-bond acceptors (Lipinski definition) is 3. The van der Waals surface area contributed by atoms with Crippen molar-refractivity contribution in [3.05, 3.63) is 59.4 Å². The van der Waals surface area contributed by atoms with Crippen LogP contribution in [0, 0.1) is 0 Å². The third-order valence-electron chi connectivity index (χ3n) is 3.09. The van der Waals surface area contributed by atoms with E-state index in [0.29, 0.717) is 11.3 Å². The van der Waals surface area contributed by atoms with Crippen molar-refractivity contribution in [3.63, 3.8) is 0 Å². The topological polar surface area (TPSA) is 81.7 Å². The minimum absolute atomic E-state index is 0.00101. The number of rotatable bonds is 5. The molecule has 0 spiro atoms. The smallest absolute Gasteiger partial charge is 0.369 e. The van der Waals surface area contributed by atoms with Gasteiger partial charge in [0.1, 0.15) is 0 Å². The molecule has 9 heteroatoms. The average molecular weight is 365 g/mol. The Morgan fingerprint density at radius 1 is 1.20 bits per heavy atom. The van der Waals surface area contributed by atoms with Crippen LogP contribution < -0.4 is 11.5 Å². The predicted octanol–water partition coefficient (Wildman–Crippen LogP) is 3.12. The van der Waals surface area contributed by atoms with Gasteiger partial charge in [-0.1, -0.05) is 18.3 Å². The first-order valence-corrected chi connectivity index (χ1v) is 7.43. The summed E-state index contributed by atoms with van der Waals surface area (Å²) >= 11 is 4.72. The van der Waals surface area contributed by atoms with Crippen LogP contribution >= 0.6 is 12.2 Å². The van der Waals surface area contributed by atoms with Gasteiger partial charge in [0.25, 0.3) is 0 Å². The molecule has 130 valence electrons. The van der Waals surface area contributed by atoms with Crippen LogP contribution in [0.15, 0.2) is 52.8 Å². The molecule has 0 unspecified atom stereocenters. The Kier molecular flexibility index (Phi) is 5.71. The fourth-order valence-electron chi connectivity index (χ4n) is 2.09. The number of aromatic nitrogens is 1. The van der Waals surface area contributed by atoms with E-state index in [1.165, 1.54) is 40.6 Å². The first-order chi connectivity index (χ1) is 11.8. The van der Waals surface area contributed by atoms with Crippen LogP contribution in [0.25, 0.3) is 11.8 Å². The molecule has 0 amide bonds. The molecule has 0 aliphatic carbocycles. The maximum Gasteiger partial charge on any atom is 0.418 e. The van der Waals surface area contributed by atoms with Crippen molar-refractivity contribution in [2.24, 2.45) is 21.7 Å². The minimum Gasteiger partial charge on any atom is -0.369 e. The maximum atomic E-state index is 13.4. The molecule has 0 atom stereocenters. The molecule has 0 saturated carbocycles. The largest absolute Gasteiger partial charge is 0.418 e. The van der Waals surface area contributed by atoms with Crippen LogP contribution in [-0.2, 0) is 6.18 Å². The van der Waals surface area contributed by atoms with Gasteiger partial charge in [0.2, 0.25) is 5.96 Å². The first kappa shape index (κ1) is 18.4. The van der Waals surface area contributed by atoms with Crippen LogP contribution in [0.1, 0.15) is 16.8 Å².